The van der Waals surface area contributed by atoms with Gasteiger partial charge in [0.25, 0.3) is 0 Å². The predicted octanol–water partition coefficient (Wildman–Crippen LogP) is 0.580. The molecule has 0 aliphatic heterocycles. The Hall–Kier alpha value is -1.57. The zero-order chi connectivity index (χ0) is 15.0. The Morgan fingerprint density at radius 1 is 1.20 bits per heavy atom. The van der Waals surface area contributed by atoms with Crippen molar-refractivity contribution >= 4 is 11.6 Å². The lowest BCUT2D eigenvalue weighted by atomic mass is 10.3. The molecule has 0 heterocycles. The van der Waals surface area contributed by atoms with Crippen LogP contribution >= 0.6 is 0 Å². The van der Waals surface area contributed by atoms with E-state index in [1.165, 1.54) is 0 Å². The number of rotatable bonds is 8. The molecule has 1 aromatic carbocycles. The molecule has 0 radical (unpaired) electrons. The van der Waals surface area contributed by atoms with E-state index in [4.69, 9.17) is 10.2 Å². The highest BCUT2D eigenvalue weighted by Crippen LogP contribution is 2.14. The van der Waals surface area contributed by atoms with Crippen LogP contribution in [0.5, 0.6) is 0 Å². The van der Waals surface area contributed by atoms with Gasteiger partial charge in [-0.2, -0.15) is 0 Å². The van der Waals surface area contributed by atoms with Crippen molar-refractivity contribution in [3.63, 3.8) is 0 Å². The maximum atomic E-state index is 13.4. The second-order valence-electron chi connectivity index (χ2n) is 4.25. The summed E-state index contributed by atoms with van der Waals surface area (Å²) in [6, 6.07) is 2.88. The van der Waals surface area contributed by atoms with E-state index in [0.717, 1.165) is 12.1 Å². The third kappa shape index (κ3) is 5.60. The van der Waals surface area contributed by atoms with E-state index < -0.39 is 17.5 Å². The van der Waals surface area contributed by atoms with Crippen molar-refractivity contribution in [3.05, 3.63) is 29.8 Å². The first-order chi connectivity index (χ1) is 9.56. The van der Waals surface area contributed by atoms with Crippen LogP contribution in [0, 0.1) is 11.6 Å². The Morgan fingerprint density at radius 2 is 1.95 bits per heavy atom. The van der Waals surface area contributed by atoms with E-state index in [2.05, 4.69) is 5.32 Å². The average Bonchev–Trinajstić information content (AvgIpc) is 2.39. The first kappa shape index (κ1) is 16.5. The van der Waals surface area contributed by atoms with Crippen molar-refractivity contribution in [3.8, 4) is 0 Å². The van der Waals surface area contributed by atoms with E-state index in [9.17, 15) is 13.6 Å². The number of carbonyl (C=O) groups excluding carboxylic acids is 1. The van der Waals surface area contributed by atoms with Crippen LogP contribution in [0.25, 0.3) is 0 Å². The third-order valence-corrected chi connectivity index (χ3v) is 2.62. The van der Waals surface area contributed by atoms with Crippen LogP contribution < -0.4 is 5.32 Å². The van der Waals surface area contributed by atoms with E-state index in [-0.39, 0.29) is 32.0 Å². The molecule has 0 fully saturated rings. The highest BCUT2D eigenvalue weighted by molar-refractivity contribution is 5.92. The lowest BCUT2D eigenvalue weighted by Crippen LogP contribution is -2.36. The molecule has 0 unspecified atom stereocenters. The molecule has 1 rings (SSSR count). The quantitative estimate of drug-likeness (QED) is 0.654. The minimum Gasteiger partial charge on any atom is -0.396 e. The number of nitrogens with zero attached hydrogens (tertiary/aromatic N) is 1. The molecule has 1 aromatic rings. The van der Waals surface area contributed by atoms with Gasteiger partial charge >= 0.3 is 0 Å². The minimum absolute atomic E-state index is 0.0177. The molecule has 0 saturated heterocycles. The Labute approximate surface area is 115 Å². The number of nitrogens with one attached hydrogen (secondary N) is 1. The predicted molar refractivity (Wildman–Crippen MR) is 70.2 cm³/mol. The number of carbonyl (C=O) groups is 1. The van der Waals surface area contributed by atoms with Gasteiger partial charge in [-0.25, -0.2) is 8.78 Å². The first-order valence-corrected chi connectivity index (χ1v) is 6.25. The minimum atomic E-state index is -0.845. The Balaban J connectivity index is 2.55. The summed E-state index contributed by atoms with van der Waals surface area (Å²) in [6.45, 7) is 0.535. The van der Waals surface area contributed by atoms with Crippen molar-refractivity contribution < 1.29 is 23.8 Å². The van der Waals surface area contributed by atoms with Crippen LogP contribution in [0.2, 0.25) is 0 Å². The Bertz CT molecular complexity index is 444. The molecule has 0 saturated carbocycles. The van der Waals surface area contributed by atoms with Gasteiger partial charge in [0.05, 0.1) is 18.8 Å². The van der Waals surface area contributed by atoms with Gasteiger partial charge in [-0.1, -0.05) is 0 Å². The topological polar surface area (TPSA) is 72.8 Å². The number of hydrogen-bond acceptors (Lipinski definition) is 4. The van der Waals surface area contributed by atoms with Crippen LogP contribution in [0.15, 0.2) is 18.2 Å². The molecule has 7 heteroatoms. The molecule has 3 N–H and O–H groups in total. The van der Waals surface area contributed by atoms with Crippen molar-refractivity contribution in [2.45, 2.75) is 6.42 Å². The second kappa shape index (κ2) is 8.57. The lowest BCUT2D eigenvalue weighted by Gasteiger charge is -2.20. The highest BCUT2D eigenvalue weighted by atomic mass is 19.1. The van der Waals surface area contributed by atoms with Gasteiger partial charge in [-0.05, 0) is 18.6 Å². The summed E-state index contributed by atoms with van der Waals surface area (Å²) in [6.07, 6.45) is 0.470. The fourth-order valence-electron chi connectivity index (χ4n) is 1.69. The Morgan fingerprint density at radius 3 is 2.55 bits per heavy atom. The van der Waals surface area contributed by atoms with Gasteiger partial charge < -0.3 is 15.5 Å². The number of benzene rings is 1. The zero-order valence-electron chi connectivity index (χ0n) is 11.0. The second-order valence-corrected chi connectivity index (χ2v) is 4.25. The molecule has 0 bridgehead atoms. The van der Waals surface area contributed by atoms with E-state index in [1.807, 2.05) is 0 Å². The maximum absolute atomic E-state index is 13.4. The molecule has 0 atom stereocenters. The average molecular weight is 288 g/mol. The number of aliphatic hydroxyl groups excluding tert-OH is 2. The third-order valence-electron chi connectivity index (χ3n) is 2.62. The largest absolute Gasteiger partial charge is 0.396 e. The van der Waals surface area contributed by atoms with Crippen LogP contribution in [0.3, 0.4) is 0 Å². The molecule has 1 amide bonds. The summed E-state index contributed by atoms with van der Waals surface area (Å²) in [7, 11) is 0. The fourth-order valence-corrected chi connectivity index (χ4v) is 1.69. The zero-order valence-corrected chi connectivity index (χ0v) is 11.0. The van der Waals surface area contributed by atoms with Crippen molar-refractivity contribution in [1.29, 1.82) is 0 Å². The van der Waals surface area contributed by atoms with Gasteiger partial charge in [0.2, 0.25) is 5.91 Å². The summed E-state index contributed by atoms with van der Waals surface area (Å²) >= 11 is 0. The lowest BCUT2D eigenvalue weighted by molar-refractivity contribution is -0.117. The number of halogens is 2. The van der Waals surface area contributed by atoms with Gasteiger partial charge in [0.1, 0.15) is 11.6 Å². The molecule has 0 aliphatic carbocycles. The van der Waals surface area contributed by atoms with Gasteiger partial charge in [-0.3, -0.25) is 9.69 Å². The van der Waals surface area contributed by atoms with Crippen molar-refractivity contribution in [2.75, 3.05) is 38.2 Å². The molecule has 0 spiro atoms. The van der Waals surface area contributed by atoms with E-state index in [1.54, 1.807) is 4.90 Å². The molecule has 112 valence electrons. The normalized spacial score (nSPS) is 10.8. The number of aliphatic hydroxyl groups is 2. The van der Waals surface area contributed by atoms with Crippen LogP contribution in [-0.4, -0.2) is 53.9 Å². The Kier molecular flexibility index (Phi) is 7.06. The van der Waals surface area contributed by atoms with E-state index >= 15 is 0 Å². The standard InChI is InChI=1S/C13H18F2N2O3/c14-10-2-3-12(11(15)8-10)16-13(20)9-17(5-7-19)4-1-6-18/h2-3,8,18-19H,1,4-7,9H2,(H,16,20). The number of hydrogen-bond donors (Lipinski definition) is 3. The molecular formula is C13H18F2N2O3. The summed E-state index contributed by atoms with van der Waals surface area (Å²) in [5, 5.41) is 20.0. The number of anilines is 1. The molecule has 0 aromatic heterocycles. The summed E-state index contributed by atoms with van der Waals surface area (Å²) in [5.41, 5.74) is -0.0949. The van der Waals surface area contributed by atoms with Crippen molar-refractivity contribution in [2.24, 2.45) is 0 Å². The summed E-state index contributed by atoms with van der Waals surface area (Å²) in [5.74, 6) is -2.03. The van der Waals surface area contributed by atoms with Crippen LogP contribution in [0.1, 0.15) is 6.42 Å². The first-order valence-electron chi connectivity index (χ1n) is 6.25. The van der Waals surface area contributed by atoms with Gasteiger partial charge in [0, 0.05) is 25.8 Å². The van der Waals surface area contributed by atoms with E-state index in [0.29, 0.717) is 19.0 Å². The summed E-state index contributed by atoms with van der Waals surface area (Å²) < 4.78 is 26.1. The van der Waals surface area contributed by atoms with Gasteiger partial charge in [0.15, 0.2) is 0 Å². The monoisotopic (exact) mass is 288 g/mol. The molecule has 5 nitrogen and oxygen atoms in total. The smallest absolute Gasteiger partial charge is 0.238 e. The van der Waals surface area contributed by atoms with Gasteiger partial charge in [-0.15, -0.1) is 0 Å². The van der Waals surface area contributed by atoms with Crippen LogP contribution in [0.4, 0.5) is 14.5 Å². The fraction of sp³-hybridized carbons (Fsp3) is 0.462. The number of amides is 1. The van der Waals surface area contributed by atoms with Crippen LogP contribution in [-0.2, 0) is 4.79 Å². The highest BCUT2D eigenvalue weighted by Gasteiger charge is 2.12. The SMILES string of the molecule is O=C(CN(CCO)CCCO)Nc1ccc(F)cc1F. The summed E-state index contributed by atoms with van der Waals surface area (Å²) in [4.78, 5) is 13.4. The van der Waals surface area contributed by atoms with Crippen molar-refractivity contribution in [1.82, 2.24) is 4.90 Å². The maximum Gasteiger partial charge on any atom is 0.238 e. The molecule has 20 heavy (non-hydrogen) atoms. The molecular weight excluding hydrogens is 270 g/mol. The molecule has 0 aliphatic rings.